The summed E-state index contributed by atoms with van der Waals surface area (Å²) in [6.07, 6.45) is 1.12. The van der Waals surface area contributed by atoms with E-state index in [9.17, 15) is 13.2 Å². The number of aryl methyl sites for hydroxylation is 1. The summed E-state index contributed by atoms with van der Waals surface area (Å²) in [4.78, 5) is 12.9. The Hall–Kier alpha value is -3.53. The van der Waals surface area contributed by atoms with Crippen molar-refractivity contribution in [3.05, 3.63) is 59.9 Å². The summed E-state index contributed by atoms with van der Waals surface area (Å²) in [7, 11) is -1.66. The highest BCUT2D eigenvalue weighted by Crippen LogP contribution is 2.28. The molecule has 148 valence electrons. The lowest BCUT2D eigenvalue weighted by Gasteiger charge is -2.07. The van der Waals surface area contributed by atoms with Crippen LogP contribution >= 0.6 is 0 Å². The molecular formula is C19H17N5O4S. The van der Waals surface area contributed by atoms with Gasteiger partial charge in [0.15, 0.2) is 21.4 Å². The van der Waals surface area contributed by atoms with Gasteiger partial charge < -0.3 is 9.73 Å². The maximum Gasteiger partial charge on any atom is 0.291 e. The van der Waals surface area contributed by atoms with Gasteiger partial charge in [-0.3, -0.25) is 4.79 Å². The molecule has 2 heterocycles. The summed E-state index contributed by atoms with van der Waals surface area (Å²) >= 11 is 0. The minimum absolute atomic E-state index is 0.0256. The number of carbonyl (C=O) groups excluding carboxylic acids is 1. The molecule has 0 spiro atoms. The van der Waals surface area contributed by atoms with Crippen LogP contribution in [0.1, 0.15) is 16.1 Å². The molecule has 0 unspecified atom stereocenters. The number of nitrogens with zero attached hydrogens (tertiary/aromatic N) is 4. The van der Waals surface area contributed by atoms with Crippen LogP contribution in [0.5, 0.6) is 0 Å². The average molecular weight is 411 g/mol. The van der Waals surface area contributed by atoms with E-state index in [0.717, 1.165) is 11.8 Å². The Morgan fingerprint density at radius 3 is 2.69 bits per heavy atom. The van der Waals surface area contributed by atoms with E-state index in [1.54, 1.807) is 49.5 Å². The second-order valence-electron chi connectivity index (χ2n) is 6.64. The Kier molecular flexibility index (Phi) is 4.63. The zero-order chi connectivity index (χ0) is 20.6. The number of tetrazole rings is 1. The molecule has 0 radical (unpaired) electrons. The molecule has 0 fully saturated rings. The van der Waals surface area contributed by atoms with Gasteiger partial charge in [-0.05, 0) is 28.6 Å². The number of furan rings is 1. The molecule has 9 nitrogen and oxygen atoms in total. The SMILES string of the molecule is Cn1nnnc1-c1cccc(NC(=O)c2oc3ccccc3c2CS(C)(=O)=O)c1. The first-order valence-corrected chi connectivity index (χ1v) is 10.7. The monoisotopic (exact) mass is 411 g/mol. The molecule has 1 N–H and O–H groups in total. The standard InChI is InChI=1S/C19H17N5O4S/c1-24-18(21-22-23-24)12-6-5-7-13(10-12)20-19(25)17-15(11-29(2,26)27)14-8-3-4-9-16(14)28-17/h3-10H,11H2,1-2H3,(H,20,25). The van der Waals surface area contributed by atoms with E-state index in [0.29, 0.717) is 28.0 Å². The molecule has 0 saturated carbocycles. The lowest BCUT2D eigenvalue weighted by molar-refractivity contribution is 0.0998. The number of hydrogen-bond donors (Lipinski definition) is 1. The number of carbonyl (C=O) groups is 1. The van der Waals surface area contributed by atoms with Gasteiger partial charge in [-0.25, -0.2) is 13.1 Å². The Morgan fingerprint density at radius 1 is 1.17 bits per heavy atom. The van der Waals surface area contributed by atoms with Crippen LogP contribution in [0.3, 0.4) is 0 Å². The van der Waals surface area contributed by atoms with Gasteiger partial charge in [-0.15, -0.1) is 5.10 Å². The number of aromatic nitrogens is 4. The van der Waals surface area contributed by atoms with Gasteiger partial charge in [0, 0.05) is 35.5 Å². The minimum Gasteiger partial charge on any atom is -0.451 e. The van der Waals surface area contributed by atoms with Crippen molar-refractivity contribution in [1.29, 1.82) is 0 Å². The first kappa shape index (κ1) is 18.8. The van der Waals surface area contributed by atoms with Gasteiger partial charge in [-0.1, -0.05) is 30.3 Å². The van der Waals surface area contributed by atoms with Crippen molar-refractivity contribution in [2.45, 2.75) is 5.75 Å². The molecule has 0 atom stereocenters. The van der Waals surface area contributed by atoms with Crippen LogP contribution in [0.2, 0.25) is 0 Å². The molecule has 4 aromatic rings. The molecule has 2 aromatic carbocycles. The molecule has 2 aromatic heterocycles. The topological polar surface area (TPSA) is 120 Å². The fourth-order valence-corrected chi connectivity index (χ4v) is 3.90. The Morgan fingerprint density at radius 2 is 1.97 bits per heavy atom. The lowest BCUT2D eigenvalue weighted by Crippen LogP contribution is -2.14. The number of hydrogen-bond acceptors (Lipinski definition) is 7. The van der Waals surface area contributed by atoms with Crippen LogP contribution in [0.15, 0.2) is 52.9 Å². The van der Waals surface area contributed by atoms with Crippen molar-refractivity contribution in [1.82, 2.24) is 20.2 Å². The first-order valence-electron chi connectivity index (χ1n) is 8.64. The van der Waals surface area contributed by atoms with Crippen LogP contribution in [-0.2, 0) is 22.6 Å². The summed E-state index contributed by atoms with van der Waals surface area (Å²) < 4.78 is 31.0. The van der Waals surface area contributed by atoms with E-state index >= 15 is 0 Å². The third-order valence-corrected chi connectivity index (χ3v) is 5.12. The summed E-state index contributed by atoms with van der Waals surface area (Å²) in [6.45, 7) is 0. The Balaban J connectivity index is 1.70. The van der Waals surface area contributed by atoms with Gasteiger partial charge in [0.25, 0.3) is 5.91 Å². The van der Waals surface area contributed by atoms with E-state index in [1.807, 2.05) is 6.07 Å². The first-order chi connectivity index (χ1) is 13.8. The highest BCUT2D eigenvalue weighted by Gasteiger charge is 2.23. The maximum atomic E-state index is 12.9. The molecule has 0 bridgehead atoms. The average Bonchev–Trinajstić information content (AvgIpc) is 3.25. The third-order valence-electron chi connectivity index (χ3n) is 4.31. The van der Waals surface area contributed by atoms with E-state index in [-0.39, 0.29) is 11.5 Å². The molecule has 0 saturated heterocycles. The summed E-state index contributed by atoms with van der Waals surface area (Å²) in [5.74, 6) is -0.310. The summed E-state index contributed by atoms with van der Waals surface area (Å²) in [6, 6.07) is 14.0. The molecule has 10 heteroatoms. The van der Waals surface area contributed by atoms with Gasteiger partial charge in [0.2, 0.25) is 0 Å². The van der Waals surface area contributed by atoms with E-state index in [1.165, 1.54) is 4.68 Å². The normalized spacial score (nSPS) is 11.7. The molecule has 4 rings (SSSR count). The number of nitrogens with one attached hydrogen (secondary N) is 1. The zero-order valence-electron chi connectivity index (χ0n) is 15.7. The van der Waals surface area contributed by atoms with Gasteiger partial charge in [-0.2, -0.15) is 0 Å². The number of fused-ring (bicyclic) bond motifs is 1. The predicted octanol–water partition coefficient (Wildman–Crippen LogP) is 2.42. The van der Waals surface area contributed by atoms with Crippen molar-refractivity contribution in [2.24, 2.45) is 7.05 Å². The summed E-state index contributed by atoms with van der Waals surface area (Å²) in [5, 5.41) is 14.7. The number of benzene rings is 2. The number of amides is 1. The largest absolute Gasteiger partial charge is 0.451 e. The summed E-state index contributed by atoms with van der Waals surface area (Å²) in [5.41, 5.74) is 2.02. The molecule has 0 aliphatic heterocycles. The van der Waals surface area contributed by atoms with E-state index in [4.69, 9.17) is 4.42 Å². The second kappa shape index (κ2) is 7.13. The molecule has 29 heavy (non-hydrogen) atoms. The zero-order valence-corrected chi connectivity index (χ0v) is 16.5. The molecular weight excluding hydrogens is 394 g/mol. The predicted molar refractivity (Wildman–Crippen MR) is 107 cm³/mol. The highest BCUT2D eigenvalue weighted by atomic mass is 32.2. The van der Waals surface area contributed by atoms with Crippen molar-refractivity contribution in [2.75, 3.05) is 11.6 Å². The van der Waals surface area contributed by atoms with E-state index in [2.05, 4.69) is 20.8 Å². The number of rotatable bonds is 5. The van der Waals surface area contributed by atoms with Crippen LogP contribution in [0.4, 0.5) is 5.69 Å². The number of para-hydroxylation sites is 1. The second-order valence-corrected chi connectivity index (χ2v) is 8.78. The minimum atomic E-state index is -3.37. The number of anilines is 1. The van der Waals surface area contributed by atoms with Gasteiger partial charge in [0.1, 0.15) is 5.58 Å². The van der Waals surface area contributed by atoms with Crippen molar-refractivity contribution in [3.8, 4) is 11.4 Å². The molecule has 0 aliphatic carbocycles. The van der Waals surface area contributed by atoms with E-state index < -0.39 is 15.7 Å². The van der Waals surface area contributed by atoms with Crippen LogP contribution in [0, 0.1) is 0 Å². The van der Waals surface area contributed by atoms with Crippen molar-refractivity contribution >= 4 is 32.4 Å². The van der Waals surface area contributed by atoms with Crippen molar-refractivity contribution in [3.63, 3.8) is 0 Å². The Labute approximate surface area is 166 Å². The van der Waals surface area contributed by atoms with Crippen molar-refractivity contribution < 1.29 is 17.6 Å². The van der Waals surface area contributed by atoms with Crippen LogP contribution in [-0.4, -0.2) is 40.8 Å². The smallest absolute Gasteiger partial charge is 0.291 e. The van der Waals surface area contributed by atoms with Crippen LogP contribution in [0.25, 0.3) is 22.4 Å². The third kappa shape index (κ3) is 3.87. The fourth-order valence-electron chi connectivity index (χ4n) is 3.09. The lowest BCUT2D eigenvalue weighted by atomic mass is 10.1. The Bertz CT molecular complexity index is 1320. The van der Waals surface area contributed by atoms with Gasteiger partial charge >= 0.3 is 0 Å². The van der Waals surface area contributed by atoms with Crippen LogP contribution < -0.4 is 5.32 Å². The fraction of sp³-hybridized carbons (Fsp3) is 0.158. The van der Waals surface area contributed by atoms with Gasteiger partial charge in [0.05, 0.1) is 5.75 Å². The number of sulfone groups is 1. The quantitative estimate of drug-likeness (QED) is 0.535. The molecule has 0 aliphatic rings. The molecule has 1 amide bonds. The highest BCUT2D eigenvalue weighted by molar-refractivity contribution is 7.89. The maximum absolute atomic E-state index is 12.9.